The molecule has 2 nitrogen and oxygen atoms in total. The molecule has 0 bridgehead atoms. The Bertz CT molecular complexity index is 260. The van der Waals surface area contributed by atoms with Crippen LogP contribution in [0.25, 0.3) is 0 Å². The Hall–Kier alpha value is -1.01. The monoisotopic (exact) mass is 163 g/mol. The highest BCUT2D eigenvalue weighted by Gasteiger charge is 1.93. The number of thioether (sulfide) groups is 1. The number of aromatic nitrogens is 1. The van der Waals surface area contributed by atoms with Crippen LogP contribution in [0.15, 0.2) is 18.3 Å². The van der Waals surface area contributed by atoms with Crippen molar-refractivity contribution in [2.45, 2.75) is 0 Å². The van der Waals surface area contributed by atoms with Crippen LogP contribution in [0.3, 0.4) is 0 Å². The quantitative estimate of drug-likeness (QED) is 0.667. The van der Waals surface area contributed by atoms with E-state index in [1.807, 2.05) is 24.1 Å². The number of pyridine rings is 1. The van der Waals surface area contributed by atoms with Crippen molar-refractivity contribution in [2.75, 3.05) is 6.26 Å². The molecule has 0 aliphatic rings. The van der Waals surface area contributed by atoms with Gasteiger partial charge in [0, 0.05) is 6.20 Å². The van der Waals surface area contributed by atoms with Gasteiger partial charge in [-0.2, -0.15) is 17.0 Å². The summed E-state index contributed by atoms with van der Waals surface area (Å²) in [6.07, 6.45) is 3.54. The van der Waals surface area contributed by atoms with Crippen molar-refractivity contribution < 1.29 is 0 Å². The van der Waals surface area contributed by atoms with Gasteiger partial charge in [0.1, 0.15) is 6.07 Å². The van der Waals surface area contributed by atoms with Crippen LogP contribution in [-0.4, -0.2) is 11.2 Å². The van der Waals surface area contributed by atoms with Gasteiger partial charge in [0.15, 0.2) is 0 Å². The van der Waals surface area contributed by atoms with Gasteiger partial charge in [-0.15, -0.1) is 0 Å². The van der Waals surface area contributed by atoms with E-state index in [1.165, 1.54) is 0 Å². The van der Waals surface area contributed by atoms with Gasteiger partial charge in [0.25, 0.3) is 0 Å². The minimum atomic E-state index is 0.600. The zero-order chi connectivity index (χ0) is 8.10. The third-order valence-corrected chi connectivity index (χ3v) is 1.63. The molecular weight excluding hydrogens is 156 g/mol. The van der Waals surface area contributed by atoms with Gasteiger partial charge < -0.3 is 0 Å². The van der Waals surface area contributed by atoms with Gasteiger partial charge >= 0.3 is 0 Å². The van der Waals surface area contributed by atoms with E-state index in [4.69, 9.17) is 5.26 Å². The maximum atomic E-state index is 8.45. The molecule has 0 aliphatic heterocycles. The fraction of sp³-hybridized carbons (Fsp3) is 0.125. The first-order chi connectivity index (χ1) is 5.36. The van der Waals surface area contributed by atoms with Crippen LogP contribution in [0, 0.1) is 17.1 Å². The van der Waals surface area contributed by atoms with E-state index < -0.39 is 0 Å². The van der Waals surface area contributed by atoms with Crippen LogP contribution in [0.1, 0.15) is 11.3 Å². The van der Waals surface area contributed by atoms with Crippen molar-refractivity contribution >= 4 is 11.8 Å². The molecule has 11 heavy (non-hydrogen) atoms. The molecule has 3 heteroatoms. The molecule has 0 amide bonds. The second-order valence-electron chi connectivity index (χ2n) is 1.94. The Balaban J connectivity index is 2.76. The van der Waals surface area contributed by atoms with Gasteiger partial charge in [-0.05, 0) is 18.4 Å². The number of hydrogen-bond acceptors (Lipinski definition) is 3. The summed E-state index contributed by atoms with van der Waals surface area (Å²) < 4.78 is 0. The zero-order valence-corrected chi connectivity index (χ0v) is 6.93. The van der Waals surface area contributed by atoms with Gasteiger partial charge in [0.05, 0.1) is 17.0 Å². The van der Waals surface area contributed by atoms with Crippen LogP contribution in [0.4, 0.5) is 0 Å². The molecule has 0 N–H and O–H groups in total. The molecule has 1 aromatic rings. The maximum absolute atomic E-state index is 8.45. The summed E-state index contributed by atoms with van der Waals surface area (Å²) in [6, 6.07) is 5.60. The first-order valence-electron chi connectivity index (χ1n) is 3.09. The van der Waals surface area contributed by atoms with E-state index in [-0.39, 0.29) is 0 Å². The molecule has 1 rings (SSSR count). The van der Waals surface area contributed by atoms with Crippen molar-refractivity contribution in [1.29, 1.82) is 5.26 Å². The number of nitriles is 1. The fourth-order valence-electron chi connectivity index (χ4n) is 0.662. The summed E-state index contributed by atoms with van der Waals surface area (Å²) in [5, 5.41) is 8.45. The van der Waals surface area contributed by atoms with E-state index in [0.29, 0.717) is 5.56 Å². The van der Waals surface area contributed by atoms with Gasteiger partial charge in [-0.3, -0.25) is 4.98 Å². The molecule has 0 aromatic carbocycles. The predicted octanol–water partition coefficient (Wildman–Crippen LogP) is 1.83. The van der Waals surface area contributed by atoms with Crippen molar-refractivity contribution in [3.63, 3.8) is 0 Å². The second kappa shape index (κ2) is 3.99. The van der Waals surface area contributed by atoms with E-state index in [1.54, 1.807) is 24.0 Å². The SMILES string of the molecule is CS[CH]c1ccc(C#N)cn1. The highest BCUT2D eigenvalue weighted by atomic mass is 32.2. The van der Waals surface area contributed by atoms with Crippen molar-refractivity contribution in [3.05, 3.63) is 35.3 Å². The number of hydrogen-bond donors (Lipinski definition) is 0. The van der Waals surface area contributed by atoms with Crippen LogP contribution >= 0.6 is 11.8 Å². The molecule has 1 heterocycles. The summed E-state index contributed by atoms with van der Waals surface area (Å²) in [6.45, 7) is 0. The fourth-order valence-corrected chi connectivity index (χ4v) is 1.04. The van der Waals surface area contributed by atoms with Crippen LogP contribution in [0.5, 0.6) is 0 Å². The van der Waals surface area contributed by atoms with Crippen LogP contribution in [-0.2, 0) is 0 Å². The lowest BCUT2D eigenvalue weighted by Crippen LogP contribution is -1.84. The lowest BCUT2D eigenvalue weighted by molar-refractivity contribution is 1.24. The van der Waals surface area contributed by atoms with E-state index in [9.17, 15) is 0 Å². The molecule has 0 saturated carbocycles. The molecular formula is C8H7N2S. The lowest BCUT2D eigenvalue weighted by Gasteiger charge is -1.94. The van der Waals surface area contributed by atoms with Gasteiger partial charge in [0.2, 0.25) is 0 Å². The van der Waals surface area contributed by atoms with Gasteiger partial charge in [-0.25, -0.2) is 0 Å². The minimum absolute atomic E-state index is 0.600. The molecule has 0 spiro atoms. The molecule has 1 radical (unpaired) electrons. The average molecular weight is 163 g/mol. The van der Waals surface area contributed by atoms with E-state index in [0.717, 1.165) is 5.69 Å². The van der Waals surface area contributed by atoms with E-state index in [2.05, 4.69) is 4.98 Å². The zero-order valence-electron chi connectivity index (χ0n) is 6.11. The Labute approximate surface area is 70.3 Å². The first kappa shape index (κ1) is 8.09. The Morgan fingerprint density at radius 3 is 2.91 bits per heavy atom. The lowest BCUT2D eigenvalue weighted by atomic mass is 10.3. The maximum Gasteiger partial charge on any atom is 0.101 e. The second-order valence-corrected chi connectivity index (χ2v) is 2.64. The minimum Gasteiger partial charge on any atom is -0.259 e. The standard InChI is InChI=1S/C8H7N2S/c1-11-6-8-3-2-7(4-9)5-10-8/h2-3,5-6H,1H3. The Morgan fingerprint density at radius 1 is 1.64 bits per heavy atom. The van der Waals surface area contributed by atoms with Gasteiger partial charge in [-0.1, -0.05) is 0 Å². The number of nitrogens with zero attached hydrogens (tertiary/aromatic N) is 2. The molecule has 0 saturated heterocycles. The van der Waals surface area contributed by atoms with Crippen molar-refractivity contribution in [2.24, 2.45) is 0 Å². The summed E-state index contributed by atoms with van der Waals surface area (Å²) in [4.78, 5) is 4.04. The highest BCUT2D eigenvalue weighted by molar-refractivity contribution is 8.00. The van der Waals surface area contributed by atoms with E-state index >= 15 is 0 Å². The molecule has 55 valence electrons. The molecule has 1 aromatic heterocycles. The largest absolute Gasteiger partial charge is 0.259 e. The summed E-state index contributed by atoms with van der Waals surface area (Å²) in [7, 11) is 0. The van der Waals surface area contributed by atoms with Crippen LogP contribution < -0.4 is 0 Å². The van der Waals surface area contributed by atoms with Crippen molar-refractivity contribution in [3.8, 4) is 6.07 Å². The highest BCUT2D eigenvalue weighted by Crippen LogP contribution is 2.08. The predicted molar refractivity (Wildman–Crippen MR) is 45.9 cm³/mol. The Morgan fingerprint density at radius 2 is 2.45 bits per heavy atom. The number of rotatable bonds is 2. The molecule has 0 atom stereocenters. The molecule has 0 fully saturated rings. The van der Waals surface area contributed by atoms with Crippen molar-refractivity contribution in [1.82, 2.24) is 4.98 Å². The summed E-state index contributed by atoms with van der Waals surface area (Å²) >= 11 is 1.60. The summed E-state index contributed by atoms with van der Waals surface area (Å²) in [5.74, 6) is 1.93. The summed E-state index contributed by atoms with van der Waals surface area (Å²) in [5.41, 5.74) is 1.50. The Kier molecular flexibility index (Phi) is 2.94. The first-order valence-corrected chi connectivity index (χ1v) is 4.38. The average Bonchev–Trinajstić information content (AvgIpc) is 2.07. The third kappa shape index (κ3) is 2.24. The molecule has 0 unspecified atom stereocenters. The topological polar surface area (TPSA) is 36.7 Å². The van der Waals surface area contributed by atoms with Crippen LogP contribution in [0.2, 0.25) is 0 Å². The normalized spacial score (nSPS) is 9.09. The smallest absolute Gasteiger partial charge is 0.101 e. The molecule has 0 aliphatic carbocycles. The third-order valence-electron chi connectivity index (χ3n) is 1.15.